The third-order valence-corrected chi connectivity index (χ3v) is 8.95. The van der Waals surface area contributed by atoms with Gasteiger partial charge in [-0.15, -0.1) is 0 Å². The van der Waals surface area contributed by atoms with Gasteiger partial charge in [-0.05, 0) is 74.6 Å². The number of piperidine rings is 1. The maximum Gasteiger partial charge on any atom is 0.318 e. The molecule has 2 heterocycles. The Morgan fingerprint density at radius 3 is 2.46 bits per heavy atom. The molecule has 0 radical (unpaired) electrons. The number of amides is 2. The van der Waals surface area contributed by atoms with Crippen LogP contribution in [0.2, 0.25) is 5.02 Å². The summed E-state index contributed by atoms with van der Waals surface area (Å²) in [5.41, 5.74) is 2.01. The van der Waals surface area contributed by atoms with E-state index in [0.717, 1.165) is 36.9 Å². The molecule has 2 atom stereocenters. The predicted octanol–water partition coefficient (Wildman–Crippen LogP) is 5.75. The summed E-state index contributed by atoms with van der Waals surface area (Å²) in [6.45, 7) is 3.79. The average molecular weight is 549 g/mol. The van der Waals surface area contributed by atoms with Crippen molar-refractivity contribution in [1.29, 1.82) is 0 Å². The van der Waals surface area contributed by atoms with Crippen LogP contribution in [-0.4, -0.2) is 53.8 Å². The lowest BCUT2D eigenvalue weighted by molar-refractivity contribution is -0.158. The van der Waals surface area contributed by atoms with Crippen molar-refractivity contribution in [2.45, 2.75) is 57.8 Å². The van der Waals surface area contributed by atoms with Crippen LogP contribution < -0.4 is 0 Å². The molecule has 5 rings (SSSR count). The molecule has 2 saturated heterocycles. The molecule has 0 aromatic heterocycles. The van der Waals surface area contributed by atoms with Crippen LogP contribution in [0.1, 0.15) is 62.5 Å². The smallest absolute Gasteiger partial charge is 0.318 e. The van der Waals surface area contributed by atoms with Gasteiger partial charge >= 0.3 is 5.97 Å². The zero-order valence-electron chi connectivity index (χ0n) is 22.6. The molecule has 2 amide bonds. The summed E-state index contributed by atoms with van der Waals surface area (Å²) in [7, 11) is 0. The van der Waals surface area contributed by atoms with Crippen LogP contribution >= 0.6 is 11.6 Å². The van der Waals surface area contributed by atoms with E-state index in [-0.39, 0.29) is 30.8 Å². The number of rotatable bonds is 8. The standard InChI is InChI=1S/C32H37ClN2O4/c1-2-39-31(38)32-18-7-6-10-28(32)35(21-15-23-11-13-26(33)14-12-23)30(37)27(32)22-29(36)34-19-16-25(17-20-34)24-8-4-3-5-9-24/h3-5,8-14,25,27H,2,6-7,15-22H2,1H3/t27-,32-/m1/s1. The molecule has 2 aromatic rings. The number of halogens is 1. The van der Waals surface area contributed by atoms with Crippen molar-refractivity contribution < 1.29 is 19.1 Å². The summed E-state index contributed by atoms with van der Waals surface area (Å²) in [4.78, 5) is 44.9. The molecule has 39 heavy (non-hydrogen) atoms. The van der Waals surface area contributed by atoms with Crippen molar-refractivity contribution in [3.8, 4) is 0 Å². The molecular weight excluding hydrogens is 512 g/mol. The van der Waals surface area contributed by atoms with E-state index in [0.29, 0.717) is 43.4 Å². The summed E-state index contributed by atoms with van der Waals surface area (Å²) in [5.74, 6) is -0.872. The number of hydrogen-bond acceptors (Lipinski definition) is 4. The van der Waals surface area contributed by atoms with E-state index in [9.17, 15) is 14.4 Å². The highest BCUT2D eigenvalue weighted by molar-refractivity contribution is 6.30. The van der Waals surface area contributed by atoms with E-state index in [1.54, 1.807) is 11.8 Å². The van der Waals surface area contributed by atoms with E-state index in [1.165, 1.54) is 5.56 Å². The Kier molecular flexibility index (Phi) is 8.41. The molecule has 7 heteroatoms. The molecule has 0 unspecified atom stereocenters. The van der Waals surface area contributed by atoms with Crippen LogP contribution in [0, 0.1) is 11.3 Å². The van der Waals surface area contributed by atoms with Crippen molar-refractivity contribution in [2.24, 2.45) is 11.3 Å². The minimum absolute atomic E-state index is 0.0302. The van der Waals surface area contributed by atoms with Crippen molar-refractivity contribution in [2.75, 3.05) is 26.2 Å². The van der Waals surface area contributed by atoms with E-state index in [2.05, 4.69) is 24.3 Å². The number of carbonyl (C=O) groups excluding carboxylic acids is 3. The van der Waals surface area contributed by atoms with Crippen molar-refractivity contribution in [3.05, 3.63) is 82.5 Å². The third kappa shape index (κ3) is 5.49. The minimum atomic E-state index is -1.09. The summed E-state index contributed by atoms with van der Waals surface area (Å²) in [6.07, 6.45) is 6.59. The van der Waals surface area contributed by atoms with E-state index < -0.39 is 11.3 Å². The first-order valence-electron chi connectivity index (χ1n) is 14.2. The van der Waals surface area contributed by atoms with Crippen molar-refractivity contribution in [1.82, 2.24) is 9.80 Å². The molecule has 0 bridgehead atoms. The predicted molar refractivity (Wildman–Crippen MR) is 151 cm³/mol. The van der Waals surface area contributed by atoms with Crippen LogP contribution in [0.25, 0.3) is 0 Å². The summed E-state index contributed by atoms with van der Waals surface area (Å²) in [5, 5.41) is 0.665. The van der Waals surface area contributed by atoms with E-state index >= 15 is 0 Å². The summed E-state index contributed by atoms with van der Waals surface area (Å²) >= 11 is 6.05. The van der Waals surface area contributed by atoms with Gasteiger partial charge in [0, 0.05) is 36.8 Å². The monoisotopic (exact) mass is 548 g/mol. The van der Waals surface area contributed by atoms with Gasteiger partial charge in [-0.2, -0.15) is 0 Å². The van der Waals surface area contributed by atoms with Gasteiger partial charge in [-0.1, -0.05) is 60.1 Å². The van der Waals surface area contributed by atoms with Gasteiger partial charge in [0.05, 0.1) is 12.5 Å². The van der Waals surface area contributed by atoms with Crippen LogP contribution in [0.5, 0.6) is 0 Å². The van der Waals surface area contributed by atoms with E-state index in [1.807, 2.05) is 41.3 Å². The van der Waals surface area contributed by atoms with Crippen LogP contribution in [-0.2, 0) is 25.5 Å². The Morgan fingerprint density at radius 1 is 1.05 bits per heavy atom. The Bertz CT molecular complexity index is 1220. The number of hydrogen-bond donors (Lipinski definition) is 0. The largest absolute Gasteiger partial charge is 0.465 e. The molecule has 6 nitrogen and oxygen atoms in total. The molecule has 0 saturated carbocycles. The highest BCUT2D eigenvalue weighted by Crippen LogP contribution is 2.54. The van der Waals surface area contributed by atoms with Crippen LogP contribution in [0.4, 0.5) is 0 Å². The zero-order chi connectivity index (χ0) is 27.4. The highest BCUT2D eigenvalue weighted by Gasteiger charge is 2.62. The Hall–Kier alpha value is -3.12. The lowest BCUT2D eigenvalue weighted by atomic mass is 9.68. The molecule has 2 aliphatic heterocycles. The lowest BCUT2D eigenvalue weighted by Gasteiger charge is -2.37. The Balaban J connectivity index is 1.34. The molecule has 2 aromatic carbocycles. The Labute approximate surface area is 236 Å². The average Bonchev–Trinajstić information content (AvgIpc) is 3.21. The van der Waals surface area contributed by atoms with Gasteiger partial charge < -0.3 is 14.5 Å². The van der Waals surface area contributed by atoms with Gasteiger partial charge in [-0.3, -0.25) is 14.4 Å². The fourth-order valence-corrected chi connectivity index (χ4v) is 6.76. The van der Waals surface area contributed by atoms with Gasteiger partial charge in [0.25, 0.3) is 0 Å². The molecular formula is C32H37ClN2O4. The van der Waals surface area contributed by atoms with Gasteiger partial charge in [-0.25, -0.2) is 0 Å². The number of allylic oxidation sites excluding steroid dienone is 1. The SMILES string of the molecule is CCOC(=O)[C@@]12CCCC=C1N(CCc1ccc(Cl)cc1)C(=O)[C@H]2CC(=O)N1CCC(c2ccccc2)CC1. The first-order chi connectivity index (χ1) is 18.9. The molecule has 206 valence electrons. The second-order valence-corrected chi connectivity index (χ2v) is 11.3. The number of fused-ring (bicyclic) bond motifs is 1. The second-order valence-electron chi connectivity index (χ2n) is 10.9. The quantitative estimate of drug-likeness (QED) is 0.394. The number of carbonyl (C=O) groups is 3. The van der Waals surface area contributed by atoms with Gasteiger partial charge in [0.15, 0.2) is 0 Å². The van der Waals surface area contributed by atoms with Gasteiger partial charge in [0.1, 0.15) is 5.41 Å². The van der Waals surface area contributed by atoms with Crippen LogP contribution in [0.15, 0.2) is 66.4 Å². The lowest BCUT2D eigenvalue weighted by Crippen LogP contribution is -2.45. The molecule has 0 N–H and O–H groups in total. The van der Waals surface area contributed by atoms with Crippen molar-refractivity contribution in [3.63, 3.8) is 0 Å². The zero-order valence-corrected chi connectivity index (χ0v) is 23.4. The number of esters is 1. The number of nitrogens with zero attached hydrogens (tertiary/aromatic N) is 2. The number of benzene rings is 2. The molecule has 0 spiro atoms. The third-order valence-electron chi connectivity index (χ3n) is 8.69. The number of likely N-dealkylation sites (tertiary alicyclic amines) is 2. The minimum Gasteiger partial charge on any atom is -0.465 e. The highest BCUT2D eigenvalue weighted by atomic mass is 35.5. The van der Waals surface area contributed by atoms with Gasteiger partial charge in [0.2, 0.25) is 11.8 Å². The maximum atomic E-state index is 14.0. The molecule has 2 fully saturated rings. The van der Waals surface area contributed by atoms with E-state index in [4.69, 9.17) is 16.3 Å². The van der Waals surface area contributed by atoms with Crippen molar-refractivity contribution >= 4 is 29.4 Å². The first kappa shape index (κ1) is 27.4. The molecule has 1 aliphatic carbocycles. The van der Waals surface area contributed by atoms with Crippen LogP contribution in [0.3, 0.4) is 0 Å². The maximum absolute atomic E-state index is 14.0. The number of ether oxygens (including phenoxy) is 1. The fraction of sp³-hybridized carbons (Fsp3) is 0.469. The first-order valence-corrected chi connectivity index (χ1v) is 14.6. The second kappa shape index (κ2) is 12.0. The normalized spacial score (nSPS) is 23.4. The molecule has 3 aliphatic rings. The topological polar surface area (TPSA) is 66.9 Å². The summed E-state index contributed by atoms with van der Waals surface area (Å²) in [6, 6.07) is 18.0. The summed E-state index contributed by atoms with van der Waals surface area (Å²) < 4.78 is 5.58. The fourth-order valence-electron chi connectivity index (χ4n) is 6.64. The Morgan fingerprint density at radius 2 is 1.77 bits per heavy atom.